The summed E-state index contributed by atoms with van der Waals surface area (Å²) in [7, 11) is 0. The van der Waals surface area contributed by atoms with Gasteiger partial charge in [-0.15, -0.1) is 0 Å². The first-order valence-corrected chi connectivity index (χ1v) is 7.01. The quantitative estimate of drug-likeness (QED) is 0.854. The Bertz CT molecular complexity index is 416. The van der Waals surface area contributed by atoms with Crippen molar-refractivity contribution in [2.24, 2.45) is 5.41 Å². The second kappa shape index (κ2) is 5.40. The summed E-state index contributed by atoms with van der Waals surface area (Å²) in [4.78, 5) is 0. The van der Waals surface area contributed by atoms with Crippen LogP contribution >= 0.6 is 0 Å². The minimum absolute atomic E-state index is 0.111. The highest BCUT2D eigenvalue weighted by Gasteiger charge is 2.34. The minimum atomic E-state index is -0.111. The van der Waals surface area contributed by atoms with Gasteiger partial charge >= 0.3 is 0 Å². The summed E-state index contributed by atoms with van der Waals surface area (Å²) < 4.78 is 13.3. The first-order valence-electron chi connectivity index (χ1n) is 7.01. The van der Waals surface area contributed by atoms with Crippen LogP contribution in [-0.2, 0) is 6.42 Å². The van der Waals surface area contributed by atoms with Crippen LogP contribution in [0.15, 0.2) is 18.2 Å². The maximum atomic E-state index is 13.3. The van der Waals surface area contributed by atoms with Crippen LogP contribution < -0.4 is 5.32 Å². The lowest BCUT2D eigenvalue weighted by Crippen LogP contribution is -2.28. The Morgan fingerprint density at radius 2 is 2.22 bits per heavy atom. The maximum Gasteiger partial charge on any atom is 0.123 e. The van der Waals surface area contributed by atoms with Crippen molar-refractivity contribution in [2.45, 2.75) is 52.5 Å². The molecule has 0 amide bonds. The molecule has 0 spiro atoms. The van der Waals surface area contributed by atoms with E-state index in [2.05, 4.69) is 26.1 Å². The molecule has 1 fully saturated rings. The summed E-state index contributed by atoms with van der Waals surface area (Å²) in [6.07, 6.45) is 4.69. The van der Waals surface area contributed by atoms with Crippen molar-refractivity contribution in [1.29, 1.82) is 0 Å². The monoisotopic (exact) mass is 249 g/mol. The predicted molar refractivity (Wildman–Crippen MR) is 74.3 cm³/mol. The molecule has 0 aliphatic heterocycles. The van der Waals surface area contributed by atoms with Gasteiger partial charge in [0.1, 0.15) is 5.82 Å². The first kappa shape index (κ1) is 13.5. The van der Waals surface area contributed by atoms with Crippen molar-refractivity contribution in [2.75, 3.05) is 6.54 Å². The number of hydrogen-bond donors (Lipinski definition) is 1. The first-order chi connectivity index (χ1) is 8.52. The lowest BCUT2D eigenvalue weighted by molar-refractivity contribution is 0.321. The summed E-state index contributed by atoms with van der Waals surface area (Å²) in [6, 6.07) is 5.80. The van der Waals surface area contributed by atoms with Crippen molar-refractivity contribution in [3.8, 4) is 0 Å². The molecule has 2 rings (SSSR count). The highest BCUT2D eigenvalue weighted by atomic mass is 19.1. The summed E-state index contributed by atoms with van der Waals surface area (Å²) in [5, 5.41) is 3.54. The van der Waals surface area contributed by atoms with Gasteiger partial charge < -0.3 is 5.32 Å². The van der Waals surface area contributed by atoms with E-state index in [0.29, 0.717) is 11.5 Å². The summed E-state index contributed by atoms with van der Waals surface area (Å²) in [5.74, 6) is -0.111. The van der Waals surface area contributed by atoms with Gasteiger partial charge in [-0.05, 0) is 67.8 Å². The second-order valence-corrected chi connectivity index (χ2v) is 6.06. The zero-order chi connectivity index (χ0) is 13.2. The third-order valence-electron chi connectivity index (χ3n) is 4.26. The molecular formula is C16H24FN. The molecule has 100 valence electrons. The third kappa shape index (κ3) is 3.11. The normalized spacial score (nSPS) is 27.7. The molecule has 2 unspecified atom stereocenters. The van der Waals surface area contributed by atoms with Crippen molar-refractivity contribution in [1.82, 2.24) is 5.32 Å². The van der Waals surface area contributed by atoms with Crippen LogP contribution in [0.25, 0.3) is 0 Å². The average molecular weight is 249 g/mol. The fraction of sp³-hybridized carbons (Fsp3) is 0.625. The van der Waals surface area contributed by atoms with Crippen molar-refractivity contribution >= 4 is 0 Å². The maximum absolute atomic E-state index is 13.3. The average Bonchev–Trinajstić information content (AvgIpc) is 2.66. The Labute approximate surface area is 110 Å². The van der Waals surface area contributed by atoms with Gasteiger partial charge in [0.25, 0.3) is 0 Å². The minimum Gasteiger partial charge on any atom is -0.314 e. The molecule has 1 N–H and O–H groups in total. The molecule has 2 heteroatoms. The van der Waals surface area contributed by atoms with E-state index in [1.165, 1.54) is 30.4 Å². The van der Waals surface area contributed by atoms with Crippen LogP contribution in [0.2, 0.25) is 0 Å². The van der Waals surface area contributed by atoms with E-state index in [4.69, 9.17) is 0 Å². The van der Waals surface area contributed by atoms with Crippen LogP contribution in [0.5, 0.6) is 0 Å². The van der Waals surface area contributed by atoms with Crippen molar-refractivity contribution in [3.05, 3.63) is 35.1 Å². The standard InChI is InChI=1S/C16H24FN/c1-4-18-15-7-8-16(3,11-15)10-13-9-14(17)6-5-12(13)2/h5-6,9,15,18H,4,7-8,10-11H2,1-3H3. The molecule has 0 heterocycles. The lowest BCUT2D eigenvalue weighted by Gasteiger charge is -2.25. The van der Waals surface area contributed by atoms with Crippen LogP contribution in [0.3, 0.4) is 0 Å². The fourth-order valence-corrected chi connectivity index (χ4v) is 3.24. The Morgan fingerprint density at radius 3 is 2.94 bits per heavy atom. The molecule has 0 saturated heterocycles. The van der Waals surface area contributed by atoms with Gasteiger partial charge in [0, 0.05) is 6.04 Å². The largest absolute Gasteiger partial charge is 0.314 e. The Kier molecular flexibility index (Phi) is 4.06. The SMILES string of the molecule is CCNC1CCC(C)(Cc2cc(F)ccc2C)C1. The molecule has 1 nitrogen and oxygen atoms in total. The van der Waals surface area contributed by atoms with E-state index >= 15 is 0 Å². The summed E-state index contributed by atoms with van der Waals surface area (Å²) in [6.45, 7) is 7.62. The van der Waals surface area contributed by atoms with Gasteiger partial charge in [-0.25, -0.2) is 4.39 Å². The molecule has 1 aliphatic carbocycles. The number of rotatable bonds is 4. The van der Waals surface area contributed by atoms with E-state index < -0.39 is 0 Å². The molecule has 0 aromatic heterocycles. The van der Waals surface area contributed by atoms with Crippen molar-refractivity contribution in [3.63, 3.8) is 0 Å². The van der Waals surface area contributed by atoms with Gasteiger partial charge in [-0.1, -0.05) is 19.9 Å². The number of nitrogens with one attached hydrogen (secondary N) is 1. The van der Waals surface area contributed by atoms with Gasteiger partial charge in [0.05, 0.1) is 0 Å². The molecule has 18 heavy (non-hydrogen) atoms. The van der Waals surface area contributed by atoms with E-state index in [-0.39, 0.29) is 5.82 Å². The number of hydrogen-bond acceptors (Lipinski definition) is 1. The van der Waals surface area contributed by atoms with Gasteiger partial charge in [0.2, 0.25) is 0 Å². The third-order valence-corrected chi connectivity index (χ3v) is 4.26. The topological polar surface area (TPSA) is 12.0 Å². The van der Waals surface area contributed by atoms with Crippen LogP contribution in [0.4, 0.5) is 4.39 Å². The zero-order valence-electron chi connectivity index (χ0n) is 11.7. The molecule has 1 aromatic carbocycles. The fourth-order valence-electron chi connectivity index (χ4n) is 3.24. The highest BCUT2D eigenvalue weighted by Crippen LogP contribution is 2.41. The number of benzene rings is 1. The molecule has 1 aliphatic rings. The smallest absolute Gasteiger partial charge is 0.123 e. The molecule has 0 bridgehead atoms. The van der Waals surface area contributed by atoms with Crippen molar-refractivity contribution < 1.29 is 4.39 Å². The predicted octanol–water partition coefficient (Wildman–Crippen LogP) is 3.84. The summed E-state index contributed by atoms with van der Waals surface area (Å²) in [5.41, 5.74) is 2.71. The molecule has 0 radical (unpaired) electrons. The Hall–Kier alpha value is -0.890. The zero-order valence-corrected chi connectivity index (χ0v) is 11.7. The van der Waals surface area contributed by atoms with Crippen LogP contribution in [0.1, 0.15) is 44.2 Å². The second-order valence-electron chi connectivity index (χ2n) is 6.06. The molecule has 1 aromatic rings. The highest BCUT2D eigenvalue weighted by molar-refractivity contribution is 5.28. The van der Waals surface area contributed by atoms with Gasteiger partial charge in [-0.2, -0.15) is 0 Å². The Balaban J connectivity index is 2.07. The van der Waals surface area contributed by atoms with E-state index in [0.717, 1.165) is 13.0 Å². The summed E-state index contributed by atoms with van der Waals surface area (Å²) >= 11 is 0. The number of halogens is 1. The van der Waals surface area contributed by atoms with Crippen LogP contribution in [-0.4, -0.2) is 12.6 Å². The molecule has 2 atom stereocenters. The van der Waals surface area contributed by atoms with Crippen LogP contribution in [0, 0.1) is 18.2 Å². The molecular weight excluding hydrogens is 225 g/mol. The lowest BCUT2D eigenvalue weighted by atomic mass is 9.81. The van der Waals surface area contributed by atoms with Gasteiger partial charge in [0.15, 0.2) is 0 Å². The molecule has 1 saturated carbocycles. The Morgan fingerprint density at radius 1 is 1.44 bits per heavy atom. The van der Waals surface area contributed by atoms with E-state index in [1.807, 2.05) is 6.07 Å². The van der Waals surface area contributed by atoms with E-state index in [9.17, 15) is 4.39 Å². The van der Waals surface area contributed by atoms with Gasteiger partial charge in [-0.3, -0.25) is 0 Å². The van der Waals surface area contributed by atoms with E-state index in [1.54, 1.807) is 12.1 Å². The number of aryl methyl sites for hydroxylation is 1.